The Balaban J connectivity index is 1.75. The van der Waals surface area contributed by atoms with Gasteiger partial charge >= 0.3 is 5.69 Å². The van der Waals surface area contributed by atoms with E-state index in [0.717, 1.165) is 24.1 Å². The Hall–Kier alpha value is -3.46. The van der Waals surface area contributed by atoms with Crippen molar-refractivity contribution in [2.75, 3.05) is 19.1 Å². The molecule has 0 saturated carbocycles. The van der Waals surface area contributed by atoms with Gasteiger partial charge in [0, 0.05) is 22.6 Å². The van der Waals surface area contributed by atoms with Gasteiger partial charge in [-0.3, -0.25) is 15.5 Å². The summed E-state index contributed by atoms with van der Waals surface area (Å²) in [6.07, 6.45) is 3.21. The summed E-state index contributed by atoms with van der Waals surface area (Å²) in [6, 6.07) is 11.2. The first-order valence-electron chi connectivity index (χ1n) is 9.82. The number of hydrazone groups is 1. The molecule has 8 nitrogen and oxygen atoms in total. The van der Waals surface area contributed by atoms with E-state index >= 15 is 0 Å². The van der Waals surface area contributed by atoms with Crippen molar-refractivity contribution in [3.8, 4) is 22.8 Å². The van der Waals surface area contributed by atoms with Crippen molar-refractivity contribution in [3.05, 3.63) is 63.0 Å². The Kier molecular flexibility index (Phi) is 7.55. The Morgan fingerprint density at radius 1 is 1.29 bits per heavy atom. The second-order valence-corrected chi connectivity index (χ2v) is 7.66. The van der Waals surface area contributed by atoms with Crippen LogP contribution >= 0.6 is 11.3 Å². The van der Waals surface area contributed by atoms with Gasteiger partial charge < -0.3 is 9.47 Å². The average Bonchev–Trinajstić information content (AvgIpc) is 3.23. The number of aromatic nitrogens is 1. The fourth-order valence-electron chi connectivity index (χ4n) is 2.78. The first-order chi connectivity index (χ1) is 15.0. The number of nitrogens with one attached hydrogen (secondary N) is 1. The molecular formula is C22H24N4O4S. The molecular weight excluding hydrogens is 416 g/mol. The molecule has 0 aliphatic heterocycles. The minimum Gasteiger partial charge on any atom is -0.493 e. The van der Waals surface area contributed by atoms with Gasteiger partial charge in [0.05, 0.1) is 30.5 Å². The van der Waals surface area contributed by atoms with Crippen LogP contribution in [0.2, 0.25) is 0 Å². The van der Waals surface area contributed by atoms with Gasteiger partial charge in [-0.2, -0.15) is 5.10 Å². The normalized spacial score (nSPS) is 10.9. The molecule has 0 atom stereocenters. The number of anilines is 1. The molecule has 0 radical (unpaired) electrons. The summed E-state index contributed by atoms with van der Waals surface area (Å²) >= 11 is 1.42. The molecule has 0 saturated heterocycles. The number of rotatable bonds is 10. The van der Waals surface area contributed by atoms with Crippen LogP contribution < -0.4 is 14.9 Å². The second kappa shape index (κ2) is 10.5. The Bertz CT molecular complexity index is 1060. The van der Waals surface area contributed by atoms with Crippen molar-refractivity contribution >= 4 is 28.4 Å². The summed E-state index contributed by atoms with van der Waals surface area (Å²) in [5, 5.41) is 18.3. The van der Waals surface area contributed by atoms with E-state index in [9.17, 15) is 10.1 Å². The maximum absolute atomic E-state index is 11.5. The number of thiazole rings is 1. The number of hydrogen-bond donors (Lipinski definition) is 1. The van der Waals surface area contributed by atoms with Crippen molar-refractivity contribution in [1.29, 1.82) is 0 Å². The maximum atomic E-state index is 11.5. The number of unbranched alkanes of at least 4 members (excludes halogenated alkanes) is 1. The standard InChI is InChI=1S/C22H24N4O4S/c1-4-5-10-30-21-19(26(27)28)11-16(12-20(21)29-3)13-23-25-22-24-18(14-31-22)17-8-6-15(2)7-9-17/h6-9,11-14H,4-5,10H2,1-3H3,(H,24,25)/b23-13-. The summed E-state index contributed by atoms with van der Waals surface area (Å²) in [7, 11) is 1.45. The highest BCUT2D eigenvalue weighted by molar-refractivity contribution is 7.14. The van der Waals surface area contributed by atoms with Crippen molar-refractivity contribution in [2.24, 2.45) is 5.10 Å². The molecule has 9 heteroatoms. The molecule has 0 spiro atoms. The number of nitrogens with zero attached hydrogens (tertiary/aromatic N) is 3. The van der Waals surface area contributed by atoms with Crippen LogP contribution in [0.4, 0.5) is 10.8 Å². The summed E-state index contributed by atoms with van der Waals surface area (Å²) in [5.41, 5.74) is 6.29. The Labute approximate surface area is 184 Å². The number of aryl methyl sites for hydroxylation is 1. The highest BCUT2D eigenvalue weighted by atomic mass is 32.1. The third-order valence-corrected chi connectivity index (χ3v) is 5.19. The van der Waals surface area contributed by atoms with Gasteiger partial charge in [-0.05, 0) is 19.4 Å². The summed E-state index contributed by atoms with van der Waals surface area (Å²) in [6.45, 7) is 4.44. The van der Waals surface area contributed by atoms with Gasteiger partial charge in [-0.15, -0.1) is 11.3 Å². The van der Waals surface area contributed by atoms with Crippen molar-refractivity contribution in [3.63, 3.8) is 0 Å². The Morgan fingerprint density at radius 3 is 2.74 bits per heavy atom. The molecule has 1 heterocycles. The van der Waals surface area contributed by atoms with Crippen LogP contribution in [0.1, 0.15) is 30.9 Å². The molecule has 1 aromatic heterocycles. The van der Waals surface area contributed by atoms with Gasteiger partial charge in [0.15, 0.2) is 5.75 Å². The molecule has 0 bridgehead atoms. The molecule has 2 aromatic carbocycles. The maximum Gasteiger partial charge on any atom is 0.315 e. The molecule has 0 unspecified atom stereocenters. The number of benzene rings is 2. The predicted molar refractivity (Wildman–Crippen MR) is 124 cm³/mol. The lowest BCUT2D eigenvalue weighted by Gasteiger charge is -2.11. The highest BCUT2D eigenvalue weighted by Crippen LogP contribution is 2.38. The van der Waals surface area contributed by atoms with Gasteiger partial charge in [0.1, 0.15) is 0 Å². The highest BCUT2D eigenvalue weighted by Gasteiger charge is 2.22. The van der Waals surface area contributed by atoms with Crippen LogP contribution in [0.15, 0.2) is 46.9 Å². The van der Waals surface area contributed by atoms with E-state index in [-0.39, 0.29) is 11.4 Å². The molecule has 31 heavy (non-hydrogen) atoms. The molecule has 0 aliphatic carbocycles. The third-order valence-electron chi connectivity index (χ3n) is 4.44. The third kappa shape index (κ3) is 5.79. The molecule has 3 aromatic rings. The second-order valence-electron chi connectivity index (χ2n) is 6.80. The van der Waals surface area contributed by atoms with Gasteiger partial charge in [-0.1, -0.05) is 43.2 Å². The first kappa shape index (κ1) is 22.2. The van der Waals surface area contributed by atoms with Crippen molar-refractivity contribution in [1.82, 2.24) is 4.98 Å². The van der Waals surface area contributed by atoms with E-state index in [0.29, 0.717) is 23.1 Å². The topological polar surface area (TPSA) is 98.9 Å². The minimum absolute atomic E-state index is 0.133. The molecule has 162 valence electrons. The van der Waals surface area contributed by atoms with E-state index in [1.807, 2.05) is 43.5 Å². The lowest BCUT2D eigenvalue weighted by molar-refractivity contribution is -0.386. The van der Waals surface area contributed by atoms with Gasteiger partial charge in [0.2, 0.25) is 10.9 Å². The number of methoxy groups -OCH3 is 1. The minimum atomic E-state index is -0.483. The number of nitro benzene ring substituents is 1. The number of ether oxygens (including phenoxy) is 2. The summed E-state index contributed by atoms with van der Waals surface area (Å²) in [4.78, 5) is 15.6. The van der Waals surface area contributed by atoms with Crippen LogP contribution in [0, 0.1) is 17.0 Å². The zero-order valence-corrected chi connectivity index (χ0v) is 18.4. The fourth-order valence-corrected chi connectivity index (χ4v) is 3.45. The molecule has 3 rings (SSSR count). The van der Waals surface area contributed by atoms with Gasteiger partial charge in [0.25, 0.3) is 0 Å². The zero-order chi connectivity index (χ0) is 22.2. The molecule has 1 N–H and O–H groups in total. The largest absolute Gasteiger partial charge is 0.493 e. The quantitative estimate of drug-likeness (QED) is 0.189. The average molecular weight is 441 g/mol. The lowest BCUT2D eigenvalue weighted by Crippen LogP contribution is -2.03. The van der Waals surface area contributed by atoms with Crippen molar-refractivity contribution < 1.29 is 14.4 Å². The predicted octanol–water partition coefficient (Wildman–Crippen LogP) is 5.66. The van der Waals surface area contributed by atoms with Crippen LogP contribution in [-0.2, 0) is 0 Å². The number of hydrogen-bond acceptors (Lipinski definition) is 8. The van der Waals surface area contributed by atoms with E-state index < -0.39 is 4.92 Å². The lowest BCUT2D eigenvalue weighted by atomic mass is 10.1. The van der Waals surface area contributed by atoms with E-state index in [4.69, 9.17) is 9.47 Å². The van der Waals surface area contributed by atoms with Crippen LogP contribution in [-0.4, -0.2) is 29.8 Å². The molecule has 0 fully saturated rings. The SMILES string of the molecule is CCCCOc1c(OC)cc(/C=N\Nc2nc(-c3ccc(C)cc3)cs2)cc1[N+](=O)[O-]. The van der Waals surface area contributed by atoms with E-state index in [2.05, 4.69) is 15.5 Å². The molecule has 0 amide bonds. The van der Waals surface area contributed by atoms with Crippen LogP contribution in [0.3, 0.4) is 0 Å². The van der Waals surface area contributed by atoms with Crippen LogP contribution in [0.25, 0.3) is 11.3 Å². The van der Waals surface area contributed by atoms with E-state index in [1.165, 1.54) is 36.3 Å². The van der Waals surface area contributed by atoms with Crippen LogP contribution in [0.5, 0.6) is 11.5 Å². The zero-order valence-electron chi connectivity index (χ0n) is 17.6. The monoisotopic (exact) mass is 440 g/mol. The molecule has 0 aliphatic rings. The fraction of sp³-hybridized carbons (Fsp3) is 0.273. The first-order valence-corrected chi connectivity index (χ1v) is 10.7. The number of nitro groups is 1. The van der Waals surface area contributed by atoms with E-state index in [1.54, 1.807) is 6.07 Å². The van der Waals surface area contributed by atoms with Crippen molar-refractivity contribution in [2.45, 2.75) is 26.7 Å². The Morgan fingerprint density at radius 2 is 2.06 bits per heavy atom. The summed E-state index contributed by atoms with van der Waals surface area (Å²) < 4.78 is 10.9. The van der Waals surface area contributed by atoms with Gasteiger partial charge in [-0.25, -0.2) is 4.98 Å². The summed E-state index contributed by atoms with van der Waals surface area (Å²) in [5.74, 6) is 0.427. The smallest absolute Gasteiger partial charge is 0.315 e.